The summed E-state index contributed by atoms with van der Waals surface area (Å²) in [7, 11) is 0. The van der Waals surface area contributed by atoms with Gasteiger partial charge in [0.15, 0.2) is 0 Å². The van der Waals surface area contributed by atoms with E-state index in [-0.39, 0.29) is 15.5 Å². The third-order valence-corrected chi connectivity index (χ3v) is 4.83. The molecule has 0 heterocycles. The van der Waals surface area contributed by atoms with Gasteiger partial charge in [-0.2, -0.15) is 13.2 Å². The Morgan fingerprint density at radius 1 is 1.33 bits per heavy atom. The Labute approximate surface area is 137 Å². The molecule has 2 nitrogen and oxygen atoms in total. The van der Waals surface area contributed by atoms with Crippen LogP contribution in [0.5, 0.6) is 0 Å². The predicted octanol–water partition coefficient (Wildman–Crippen LogP) is 4.76. The van der Waals surface area contributed by atoms with Gasteiger partial charge in [-0.15, -0.1) is 0 Å². The molecule has 1 aromatic carbocycles. The lowest BCUT2D eigenvalue weighted by atomic mass is 10.0. The molecule has 0 saturated heterocycles. The summed E-state index contributed by atoms with van der Waals surface area (Å²) in [4.78, 5) is 12.0. The largest absolute Gasteiger partial charge is 0.417 e. The number of halogens is 5. The van der Waals surface area contributed by atoms with Gasteiger partial charge in [0.1, 0.15) is 0 Å². The molecular weight excluding hydrogens is 415 g/mol. The van der Waals surface area contributed by atoms with Gasteiger partial charge in [0.05, 0.1) is 5.56 Å². The zero-order valence-electron chi connectivity index (χ0n) is 11.1. The molecule has 1 aliphatic carbocycles. The van der Waals surface area contributed by atoms with Gasteiger partial charge in [-0.25, -0.2) is 0 Å². The Balaban J connectivity index is 2.06. The quantitative estimate of drug-likeness (QED) is 0.673. The summed E-state index contributed by atoms with van der Waals surface area (Å²) in [5, 5.41) is 3.60. The van der Waals surface area contributed by atoms with E-state index in [4.69, 9.17) is 0 Å². The second-order valence-corrected chi connectivity index (χ2v) is 6.96. The first kappa shape index (κ1) is 16.8. The van der Waals surface area contributed by atoms with E-state index in [0.717, 1.165) is 30.7 Å². The number of benzene rings is 1. The Morgan fingerprint density at radius 3 is 2.52 bits per heavy atom. The molecule has 0 spiro atoms. The van der Waals surface area contributed by atoms with Crippen LogP contribution in [0.3, 0.4) is 0 Å². The average Bonchev–Trinajstić information content (AvgIpc) is 3.16. The first-order valence-electron chi connectivity index (χ1n) is 6.48. The van der Waals surface area contributed by atoms with Crippen LogP contribution in [0.1, 0.15) is 35.2 Å². The maximum absolute atomic E-state index is 12.8. The normalized spacial score (nSPS) is 16.6. The SMILES string of the molecule is O=C(NCC1(CCBr)CC1)c1ccc(Br)c(C(F)(F)F)c1. The van der Waals surface area contributed by atoms with Gasteiger partial charge < -0.3 is 5.32 Å². The van der Waals surface area contributed by atoms with E-state index in [9.17, 15) is 18.0 Å². The van der Waals surface area contributed by atoms with Crippen LogP contribution in [0.25, 0.3) is 0 Å². The van der Waals surface area contributed by atoms with Gasteiger partial charge in [0.2, 0.25) is 0 Å². The maximum atomic E-state index is 12.8. The van der Waals surface area contributed by atoms with Crippen molar-refractivity contribution < 1.29 is 18.0 Å². The highest BCUT2D eigenvalue weighted by molar-refractivity contribution is 9.10. The summed E-state index contributed by atoms with van der Waals surface area (Å²) in [6, 6.07) is 3.52. The molecule has 1 aromatic rings. The van der Waals surface area contributed by atoms with E-state index >= 15 is 0 Å². The Bertz CT molecular complexity index is 542. The lowest BCUT2D eigenvalue weighted by Gasteiger charge is -2.15. The summed E-state index contributed by atoms with van der Waals surface area (Å²) in [5.74, 6) is -0.464. The van der Waals surface area contributed by atoms with E-state index < -0.39 is 17.6 Å². The summed E-state index contributed by atoms with van der Waals surface area (Å²) in [6.07, 6.45) is -1.43. The smallest absolute Gasteiger partial charge is 0.351 e. The van der Waals surface area contributed by atoms with Crippen LogP contribution in [0.4, 0.5) is 13.2 Å². The highest BCUT2D eigenvalue weighted by atomic mass is 79.9. The molecule has 2 rings (SSSR count). The molecular formula is C14H14Br2F3NO. The maximum Gasteiger partial charge on any atom is 0.417 e. The molecule has 1 fully saturated rings. The highest BCUT2D eigenvalue weighted by Gasteiger charge is 2.41. The van der Waals surface area contributed by atoms with Crippen LogP contribution in [0, 0.1) is 5.41 Å². The molecule has 0 bridgehead atoms. The molecule has 1 N–H and O–H groups in total. The van der Waals surface area contributed by atoms with Gasteiger partial charge in [-0.1, -0.05) is 31.9 Å². The topological polar surface area (TPSA) is 29.1 Å². The number of hydrogen-bond acceptors (Lipinski definition) is 1. The third-order valence-electron chi connectivity index (χ3n) is 3.74. The average molecular weight is 429 g/mol. The lowest BCUT2D eigenvalue weighted by Crippen LogP contribution is -2.30. The lowest BCUT2D eigenvalue weighted by molar-refractivity contribution is -0.138. The van der Waals surface area contributed by atoms with Crippen LogP contribution in [0.15, 0.2) is 22.7 Å². The molecule has 1 saturated carbocycles. The number of carbonyl (C=O) groups is 1. The minimum atomic E-state index is -4.48. The minimum absolute atomic E-state index is 0.0279. The third kappa shape index (κ3) is 4.22. The number of nitrogens with one attached hydrogen (secondary N) is 1. The summed E-state index contributed by atoms with van der Waals surface area (Å²) in [5.41, 5.74) is -0.682. The first-order valence-corrected chi connectivity index (χ1v) is 8.40. The van der Waals surface area contributed by atoms with Gasteiger partial charge in [-0.3, -0.25) is 4.79 Å². The van der Waals surface area contributed by atoms with Crippen molar-refractivity contribution in [3.63, 3.8) is 0 Å². The van der Waals surface area contributed by atoms with E-state index in [1.54, 1.807) is 0 Å². The molecule has 21 heavy (non-hydrogen) atoms. The number of alkyl halides is 4. The fraction of sp³-hybridized carbons (Fsp3) is 0.500. The van der Waals surface area contributed by atoms with Crippen molar-refractivity contribution in [2.75, 3.05) is 11.9 Å². The summed E-state index contributed by atoms with van der Waals surface area (Å²) < 4.78 is 38.4. The van der Waals surface area contributed by atoms with Crippen LogP contribution in [0.2, 0.25) is 0 Å². The van der Waals surface area contributed by atoms with Crippen molar-refractivity contribution in [1.82, 2.24) is 5.32 Å². The molecule has 0 aliphatic heterocycles. The zero-order chi connectivity index (χ0) is 15.7. The Kier molecular flexibility index (Phi) is 5.03. The standard InChI is InChI=1S/C14H14Br2F3NO/c15-6-5-13(3-4-13)8-20-12(21)9-1-2-11(16)10(7-9)14(17,18)19/h1-2,7H,3-6,8H2,(H,20,21). The highest BCUT2D eigenvalue weighted by Crippen LogP contribution is 2.48. The van der Waals surface area contributed by atoms with Gasteiger partial charge >= 0.3 is 6.18 Å². The number of amides is 1. The fourth-order valence-corrected chi connectivity index (χ4v) is 3.46. The zero-order valence-corrected chi connectivity index (χ0v) is 14.2. The number of carbonyl (C=O) groups excluding carboxylic acids is 1. The van der Waals surface area contributed by atoms with Crippen molar-refractivity contribution in [3.8, 4) is 0 Å². The first-order chi connectivity index (χ1) is 9.77. The molecule has 7 heteroatoms. The number of hydrogen-bond donors (Lipinski definition) is 1. The van der Waals surface area contributed by atoms with Crippen LogP contribution < -0.4 is 5.32 Å². The molecule has 0 radical (unpaired) electrons. The van der Waals surface area contributed by atoms with Crippen LogP contribution in [-0.4, -0.2) is 17.8 Å². The van der Waals surface area contributed by atoms with Crippen LogP contribution in [-0.2, 0) is 6.18 Å². The van der Waals surface area contributed by atoms with Gasteiger partial charge in [-0.05, 0) is 42.9 Å². The monoisotopic (exact) mass is 427 g/mol. The van der Waals surface area contributed by atoms with Crippen molar-refractivity contribution in [1.29, 1.82) is 0 Å². The summed E-state index contributed by atoms with van der Waals surface area (Å²) in [6.45, 7) is 0.509. The molecule has 1 amide bonds. The Hall–Kier alpha value is -0.560. The summed E-state index contributed by atoms with van der Waals surface area (Å²) >= 11 is 6.23. The second-order valence-electron chi connectivity index (χ2n) is 5.31. The van der Waals surface area contributed by atoms with Crippen molar-refractivity contribution >= 4 is 37.8 Å². The molecule has 116 valence electrons. The van der Waals surface area contributed by atoms with E-state index in [1.807, 2.05) is 0 Å². The molecule has 1 aliphatic rings. The molecule has 0 unspecified atom stereocenters. The molecule has 0 atom stereocenters. The van der Waals surface area contributed by atoms with Crippen molar-refractivity contribution in [3.05, 3.63) is 33.8 Å². The second kappa shape index (κ2) is 6.28. The Morgan fingerprint density at radius 2 is 2.00 bits per heavy atom. The van der Waals surface area contributed by atoms with E-state index in [2.05, 4.69) is 37.2 Å². The van der Waals surface area contributed by atoms with E-state index in [1.165, 1.54) is 12.1 Å². The van der Waals surface area contributed by atoms with Crippen molar-refractivity contribution in [2.45, 2.75) is 25.4 Å². The van der Waals surface area contributed by atoms with Crippen LogP contribution >= 0.6 is 31.9 Å². The fourth-order valence-electron chi connectivity index (χ4n) is 2.15. The van der Waals surface area contributed by atoms with E-state index in [0.29, 0.717) is 6.54 Å². The van der Waals surface area contributed by atoms with Crippen molar-refractivity contribution in [2.24, 2.45) is 5.41 Å². The van der Waals surface area contributed by atoms with Gasteiger partial charge in [0.25, 0.3) is 5.91 Å². The minimum Gasteiger partial charge on any atom is -0.351 e. The molecule has 0 aromatic heterocycles. The number of rotatable bonds is 5. The van der Waals surface area contributed by atoms with Gasteiger partial charge in [0, 0.05) is 21.9 Å². The predicted molar refractivity (Wildman–Crippen MR) is 81.6 cm³/mol.